The molecule has 104 valence electrons. The van der Waals surface area contributed by atoms with E-state index < -0.39 is 0 Å². The number of hydrogen-bond donors (Lipinski definition) is 1. The summed E-state index contributed by atoms with van der Waals surface area (Å²) in [4.78, 5) is 11.9. The van der Waals surface area contributed by atoms with Crippen molar-refractivity contribution in [3.63, 3.8) is 0 Å². The first-order valence-electron chi connectivity index (χ1n) is 6.60. The molecule has 0 aliphatic rings. The monoisotopic (exact) mass is 278 g/mol. The van der Waals surface area contributed by atoms with Gasteiger partial charge in [0.05, 0.1) is 12.7 Å². The third-order valence-electron chi connectivity index (χ3n) is 3.49. The van der Waals surface area contributed by atoms with Gasteiger partial charge in [0.15, 0.2) is 0 Å². The average Bonchev–Trinajstić information content (AvgIpc) is 2.53. The van der Waals surface area contributed by atoms with Crippen molar-refractivity contribution in [1.82, 2.24) is 0 Å². The molecule has 0 saturated carbocycles. The highest BCUT2D eigenvalue weighted by molar-refractivity contribution is 6.09. The van der Waals surface area contributed by atoms with Crippen LogP contribution >= 0.6 is 0 Å². The Morgan fingerprint density at radius 3 is 2.43 bits per heavy atom. The molecule has 0 spiro atoms. The fraction of sp³-hybridized carbons (Fsp3) is 0.0556. The molecule has 0 unspecified atom stereocenters. The number of phenolic OH excluding ortho intramolecular Hbond substituents is 1. The van der Waals surface area contributed by atoms with Gasteiger partial charge in [0, 0.05) is 0 Å². The van der Waals surface area contributed by atoms with Crippen molar-refractivity contribution in [2.24, 2.45) is 0 Å². The number of esters is 1. The Hall–Kier alpha value is -2.81. The Morgan fingerprint density at radius 2 is 1.71 bits per heavy atom. The van der Waals surface area contributed by atoms with Gasteiger partial charge in [-0.25, -0.2) is 4.79 Å². The molecule has 3 nitrogen and oxygen atoms in total. The molecule has 3 aromatic carbocycles. The maximum atomic E-state index is 11.9. The SMILES string of the molecule is COC(=O)c1ccc(-c2cccc(O)c2)c2ccccc12. The van der Waals surface area contributed by atoms with Crippen molar-refractivity contribution < 1.29 is 14.6 Å². The normalized spacial score (nSPS) is 10.5. The van der Waals surface area contributed by atoms with E-state index in [1.807, 2.05) is 36.4 Å². The lowest BCUT2D eigenvalue weighted by atomic mass is 9.95. The predicted octanol–water partition coefficient (Wildman–Crippen LogP) is 4.00. The second-order valence-corrected chi connectivity index (χ2v) is 4.75. The van der Waals surface area contributed by atoms with Crippen molar-refractivity contribution in [2.75, 3.05) is 7.11 Å². The topological polar surface area (TPSA) is 46.5 Å². The first-order valence-corrected chi connectivity index (χ1v) is 6.60. The summed E-state index contributed by atoms with van der Waals surface area (Å²) in [6, 6.07) is 18.4. The van der Waals surface area contributed by atoms with Gasteiger partial charge in [0.2, 0.25) is 0 Å². The first-order chi connectivity index (χ1) is 10.2. The van der Waals surface area contributed by atoms with E-state index in [1.165, 1.54) is 7.11 Å². The van der Waals surface area contributed by atoms with Crippen LogP contribution in [0.3, 0.4) is 0 Å². The quantitative estimate of drug-likeness (QED) is 0.721. The summed E-state index contributed by atoms with van der Waals surface area (Å²) < 4.78 is 4.83. The Balaban J connectivity index is 2.29. The number of methoxy groups -OCH3 is 1. The van der Waals surface area contributed by atoms with Crippen molar-refractivity contribution >= 4 is 16.7 Å². The molecule has 21 heavy (non-hydrogen) atoms. The van der Waals surface area contributed by atoms with Crippen LogP contribution in [-0.4, -0.2) is 18.2 Å². The second-order valence-electron chi connectivity index (χ2n) is 4.75. The molecule has 1 N–H and O–H groups in total. The van der Waals surface area contributed by atoms with Gasteiger partial charge in [0.1, 0.15) is 5.75 Å². The molecule has 0 fully saturated rings. The molecule has 0 aromatic heterocycles. The van der Waals surface area contributed by atoms with Crippen LogP contribution in [0.25, 0.3) is 21.9 Å². The van der Waals surface area contributed by atoms with Gasteiger partial charge in [-0.1, -0.05) is 42.5 Å². The number of aromatic hydroxyl groups is 1. The maximum Gasteiger partial charge on any atom is 0.338 e. The molecule has 0 saturated heterocycles. The summed E-state index contributed by atoms with van der Waals surface area (Å²) in [6.07, 6.45) is 0. The Labute approximate surface area is 122 Å². The molecule has 0 atom stereocenters. The van der Waals surface area contributed by atoms with Crippen LogP contribution in [0.1, 0.15) is 10.4 Å². The molecule has 0 radical (unpaired) electrons. The van der Waals surface area contributed by atoms with Crippen LogP contribution in [0.5, 0.6) is 5.75 Å². The van der Waals surface area contributed by atoms with E-state index in [2.05, 4.69) is 0 Å². The minimum absolute atomic E-state index is 0.216. The Bertz CT molecular complexity index is 822. The lowest BCUT2D eigenvalue weighted by Crippen LogP contribution is -2.02. The molecular formula is C18H14O3. The number of rotatable bonds is 2. The standard InChI is InChI=1S/C18H14O3/c1-21-18(20)17-10-9-14(12-5-4-6-13(19)11-12)15-7-2-3-8-16(15)17/h2-11,19H,1H3. The number of ether oxygens (including phenoxy) is 1. The smallest absolute Gasteiger partial charge is 0.338 e. The predicted molar refractivity (Wildman–Crippen MR) is 82.4 cm³/mol. The van der Waals surface area contributed by atoms with Crippen LogP contribution in [-0.2, 0) is 4.74 Å². The zero-order valence-electron chi connectivity index (χ0n) is 11.5. The van der Waals surface area contributed by atoms with Crippen LogP contribution in [0, 0.1) is 0 Å². The highest BCUT2D eigenvalue weighted by Gasteiger charge is 2.13. The van der Waals surface area contributed by atoms with Gasteiger partial charge in [-0.3, -0.25) is 0 Å². The van der Waals surface area contributed by atoms with Crippen LogP contribution in [0.2, 0.25) is 0 Å². The fourth-order valence-corrected chi connectivity index (χ4v) is 2.51. The van der Waals surface area contributed by atoms with Crippen LogP contribution < -0.4 is 0 Å². The summed E-state index contributed by atoms with van der Waals surface area (Å²) >= 11 is 0. The van der Waals surface area contributed by atoms with Gasteiger partial charge in [-0.2, -0.15) is 0 Å². The number of benzene rings is 3. The maximum absolute atomic E-state index is 11.9. The van der Waals surface area contributed by atoms with Crippen molar-refractivity contribution in [1.29, 1.82) is 0 Å². The number of carbonyl (C=O) groups excluding carboxylic acids is 1. The molecule has 0 aliphatic carbocycles. The Kier molecular flexibility index (Phi) is 3.32. The largest absolute Gasteiger partial charge is 0.508 e. The molecule has 0 amide bonds. The number of hydrogen-bond acceptors (Lipinski definition) is 3. The lowest BCUT2D eigenvalue weighted by molar-refractivity contribution is 0.0603. The Morgan fingerprint density at radius 1 is 0.952 bits per heavy atom. The van der Waals surface area contributed by atoms with E-state index in [0.29, 0.717) is 5.56 Å². The molecule has 0 bridgehead atoms. The molecule has 0 heterocycles. The van der Waals surface area contributed by atoms with E-state index in [9.17, 15) is 9.90 Å². The molecule has 3 aromatic rings. The lowest BCUT2D eigenvalue weighted by Gasteiger charge is -2.10. The van der Waals surface area contributed by atoms with E-state index in [4.69, 9.17) is 4.74 Å². The van der Waals surface area contributed by atoms with Gasteiger partial charge in [0.25, 0.3) is 0 Å². The van der Waals surface area contributed by atoms with Crippen molar-refractivity contribution in [3.8, 4) is 16.9 Å². The summed E-state index contributed by atoms with van der Waals surface area (Å²) in [6.45, 7) is 0. The van der Waals surface area contributed by atoms with Gasteiger partial charge in [-0.15, -0.1) is 0 Å². The van der Waals surface area contributed by atoms with Crippen molar-refractivity contribution in [2.45, 2.75) is 0 Å². The third-order valence-corrected chi connectivity index (χ3v) is 3.49. The molecular weight excluding hydrogens is 264 g/mol. The summed E-state index contributed by atoms with van der Waals surface area (Å²) in [5.74, 6) is -0.137. The molecule has 3 heteroatoms. The zero-order chi connectivity index (χ0) is 14.8. The van der Waals surface area contributed by atoms with Crippen LogP contribution in [0.4, 0.5) is 0 Å². The summed E-state index contributed by atoms with van der Waals surface area (Å²) in [5.41, 5.74) is 2.41. The minimum atomic E-state index is -0.353. The van der Waals surface area contributed by atoms with Gasteiger partial charge < -0.3 is 9.84 Å². The van der Waals surface area contributed by atoms with E-state index in [-0.39, 0.29) is 11.7 Å². The third kappa shape index (κ3) is 2.34. The summed E-state index contributed by atoms with van der Waals surface area (Å²) in [7, 11) is 1.38. The fourth-order valence-electron chi connectivity index (χ4n) is 2.51. The highest BCUT2D eigenvalue weighted by atomic mass is 16.5. The van der Waals surface area contributed by atoms with Crippen LogP contribution in [0.15, 0.2) is 60.7 Å². The van der Waals surface area contributed by atoms with Crippen molar-refractivity contribution in [3.05, 3.63) is 66.2 Å². The minimum Gasteiger partial charge on any atom is -0.508 e. The highest BCUT2D eigenvalue weighted by Crippen LogP contribution is 2.32. The van der Waals surface area contributed by atoms with E-state index >= 15 is 0 Å². The van der Waals surface area contributed by atoms with Gasteiger partial charge in [-0.05, 0) is 40.1 Å². The first kappa shape index (κ1) is 13.2. The number of phenols is 1. The zero-order valence-corrected chi connectivity index (χ0v) is 11.5. The number of fused-ring (bicyclic) bond motifs is 1. The second kappa shape index (κ2) is 5.29. The van der Waals surface area contributed by atoms with E-state index in [1.54, 1.807) is 24.3 Å². The summed E-state index contributed by atoms with van der Waals surface area (Å²) in [5, 5.41) is 11.4. The average molecular weight is 278 g/mol. The van der Waals surface area contributed by atoms with Gasteiger partial charge >= 0.3 is 5.97 Å². The molecule has 3 rings (SSSR count). The van der Waals surface area contributed by atoms with E-state index in [0.717, 1.165) is 21.9 Å². The number of carbonyl (C=O) groups is 1. The molecule has 0 aliphatic heterocycles.